The Morgan fingerprint density at radius 2 is 2.24 bits per heavy atom. The van der Waals surface area contributed by atoms with Gasteiger partial charge in [-0.15, -0.1) is 0 Å². The van der Waals surface area contributed by atoms with Crippen molar-refractivity contribution in [1.29, 1.82) is 0 Å². The fraction of sp³-hybridized carbons (Fsp3) is 0.923. The van der Waals surface area contributed by atoms with Gasteiger partial charge in [-0.1, -0.05) is 6.92 Å². The minimum absolute atomic E-state index is 0.126. The zero-order chi connectivity index (χ0) is 12.1. The van der Waals surface area contributed by atoms with Gasteiger partial charge in [-0.05, 0) is 19.3 Å². The molecule has 2 saturated heterocycles. The molecule has 2 fully saturated rings. The molecule has 0 aromatic rings. The molecule has 2 rings (SSSR count). The molecule has 2 aliphatic heterocycles. The average molecular weight is 257 g/mol. The maximum Gasteiger partial charge on any atom is 0.127 e. The van der Waals surface area contributed by atoms with Crippen LogP contribution in [0.15, 0.2) is 0 Å². The Labute approximate surface area is 108 Å². The molecule has 0 aromatic carbocycles. The largest absolute Gasteiger partial charge is 0.381 e. The number of aldehydes is 1. The van der Waals surface area contributed by atoms with Gasteiger partial charge in [-0.25, -0.2) is 0 Å². The van der Waals surface area contributed by atoms with Crippen LogP contribution in [-0.2, 0) is 9.53 Å². The Hall–Kier alpha value is -0.0600. The number of hydrogen-bond acceptors (Lipinski definition) is 4. The molecule has 0 spiro atoms. The summed E-state index contributed by atoms with van der Waals surface area (Å²) in [7, 11) is 0. The van der Waals surface area contributed by atoms with Crippen molar-refractivity contribution in [2.24, 2.45) is 5.41 Å². The molecule has 4 heteroatoms. The standard InChI is InChI=1S/C13H23NO2S/c1-2-12-9-14(5-8-17-12)10-13(11-15)3-6-16-7-4-13/h11-12H,2-10H2,1H3. The van der Waals surface area contributed by atoms with Crippen molar-refractivity contribution in [3.8, 4) is 0 Å². The fourth-order valence-electron chi connectivity index (χ4n) is 2.71. The summed E-state index contributed by atoms with van der Waals surface area (Å²) in [6, 6.07) is 0. The van der Waals surface area contributed by atoms with Crippen LogP contribution in [0.5, 0.6) is 0 Å². The van der Waals surface area contributed by atoms with Gasteiger partial charge in [0, 0.05) is 49.3 Å². The first-order valence-electron chi connectivity index (χ1n) is 6.66. The highest BCUT2D eigenvalue weighted by molar-refractivity contribution is 8.00. The first-order valence-corrected chi connectivity index (χ1v) is 7.71. The quantitative estimate of drug-likeness (QED) is 0.718. The van der Waals surface area contributed by atoms with Gasteiger partial charge in [-0.3, -0.25) is 0 Å². The van der Waals surface area contributed by atoms with Gasteiger partial charge in [0.15, 0.2) is 0 Å². The van der Waals surface area contributed by atoms with E-state index in [0.29, 0.717) is 0 Å². The van der Waals surface area contributed by atoms with E-state index in [9.17, 15) is 4.79 Å². The molecule has 0 saturated carbocycles. The number of carbonyl (C=O) groups excluding carboxylic acids is 1. The Bertz CT molecular complexity index is 254. The first kappa shape index (κ1) is 13.4. The summed E-state index contributed by atoms with van der Waals surface area (Å²) in [6.07, 6.45) is 4.23. The van der Waals surface area contributed by atoms with Gasteiger partial charge >= 0.3 is 0 Å². The zero-order valence-corrected chi connectivity index (χ0v) is 11.5. The van der Waals surface area contributed by atoms with E-state index in [1.54, 1.807) is 0 Å². The molecule has 3 nitrogen and oxygen atoms in total. The highest BCUT2D eigenvalue weighted by Gasteiger charge is 2.35. The number of thioether (sulfide) groups is 1. The predicted molar refractivity (Wildman–Crippen MR) is 71.5 cm³/mol. The van der Waals surface area contributed by atoms with E-state index in [1.807, 2.05) is 0 Å². The smallest absolute Gasteiger partial charge is 0.127 e. The maximum atomic E-state index is 11.4. The summed E-state index contributed by atoms with van der Waals surface area (Å²) in [5.41, 5.74) is -0.126. The van der Waals surface area contributed by atoms with Crippen molar-refractivity contribution in [3.63, 3.8) is 0 Å². The van der Waals surface area contributed by atoms with Gasteiger partial charge in [0.25, 0.3) is 0 Å². The SMILES string of the molecule is CCC1CN(CC2(C=O)CCOCC2)CCS1. The molecule has 0 N–H and O–H groups in total. The van der Waals surface area contributed by atoms with Crippen molar-refractivity contribution in [2.75, 3.05) is 38.6 Å². The number of nitrogens with zero attached hydrogens (tertiary/aromatic N) is 1. The van der Waals surface area contributed by atoms with Gasteiger partial charge < -0.3 is 14.4 Å². The summed E-state index contributed by atoms with van der Waals surface area (Å²) < 4.78 is 5.38. The van der Waals surface area contributed by atoms with Crippen LogP contribution in [0.4, 0.5) is 0 Å². The second kappa shape index (κ2) is 6.21. The van der Waals surface area contributed by atoms with E-state index in [1.165, 1.54) is 18.5 Å². The monoisotopic (exact) mass is 257 g/mol. The molecule has 2 aliphatic rings. The van der Waals surface area contributed by atoms with E-state index < -0.39 is 0 Å². The van der Waals surface area contributed by atoms with Crippen LogP contribution < -0.4 is 0 Å². The Morgan fingerprint density at radius 1 is 1.47 bits per heavy atom. The number of ether oxygens (including phenoxy) is 1. The summed E-state index contributed by atoms with van der Waals surface area (Å²) >= 11 is 2.08. The van der Waals surface area contributed by atoms with E-state index in [-0.39, 0.29) is 5.41 Å². The Balaban J connectivity index is 1.91. The summed E-state index contributed by atoms with van der Waals surface area (Å²) in [4.78, 5) is 13.9. The molecule has 0 radical (unpaired) electrons. The highest BCUT2D eigenvalue weighted by Crippen LogP contribution is 2.31. The highest BCUT2D eigenvalue weighted by atomic mass is 32.2. The van der Waals surface area contributed by atoms with E-state index in [4.69, 9.17) is 4.74 Å². The van der Waals surface area contributed by atoms with Crippen LogP contribution in [0.1, 0.15) is 26.2 Å². The second-order valence-electron chi connectivity index (χ2n) is 5.23. The average Bonchev–Trinajstić information content (AvgIpc) is 2.40. The molecule has 0 aliphatic carbocycles. The minimum atomic E-state index is -0.126. The molecule has 0 aromatic heterocycles. The first-order chi connectivity index (χ1) is 8.28. The van der Waals surface area contributed by atoms with Gasteiger partial charge in [0.05, 0.1) is 0 Å². The molecule has 0 amide bonds. The molecular formula is C13H23NO2S. The van der Waals surface area contributed by atoms with Gasteiger partial charge in [0.1, 0.15) is 6.29 Å². The number of carbonyl (C=O) groups is 1. The predicted octanol–water partition coefficient (Wildman–Crippen LogP) is 1.81. The third-order valence-electron chi connectivity index (χ3n) is 3.96. The second-order valence-corrected chi connectivity index (χ2v) is 6.64. The van der Waals surface area contributed by atoms with Crippen LogP contribution in [0.2, 0.25) is 0 Å². The lowest BCUT2D eigenvalue weighted by atomic mass is 9.81. The van der Waals surface area contributed by atoms with Crippen LogP contribution in [0.3, 0.4) is 0 Å². The summed E-state index contributed by atoms with van der Waals surface area (Å²) in [6.45, 7) is 6.98. The lowest BCUT2D eigenvalue weighted by Crippen LogP contribution is -2.47. The third-order valence-corrected chi connectivity index (χ3v) is 5.33. The van der Waals surface area contributed by atoms with Crippen LogP contribution >= 0.6 is 11.8 Å². The molecule has 0 bridgehead atoms. The molecule has 98 valence electrons. The van der Waals surface area contributed by atoms with Gasteiger partial charge in [-0.2, -0.15) is 11.8 Å². The van der Waals surface area contributed by atoms with Crippen molar-refractivity contribution < 1.29 is 9.53 Å². The van der Waals surface area contributed by atoms with Crippen molar-refractivity contribution >= 4 is 18.0 Å². The molecule has 17 heavy (non-hydrogen) atoms. The Kier molecular flexibility index (Phi) is 4.88. The molecular weight excluding hydrogens is 234 g/mol. The van der Waals surface area contributed by atoms with Gasteiger partial charge in [0.2, 0.25) is 0 Å². The van der Waals surface area contributed by atoms with Crippen LogP contribution in [0, 0.1) is 5.41 Å². The van der Waals surface area contributed by atoms with Crippen LogP contribution in [-0.4, -0.2) is 55.0 Å². The molecule has 1 unspecified atom stereocenters. The summed E-state index contributed by atoms with van der Waals surface area (Å²) in [5.74, 6) is 1.21. The zero-order valence-electron chi connectivity index (χ0n) is 10.7. The lowest BCUT2D eigenvalue weighted by molar-refractivity contribution is -0.123. The molecule has 1 atom stereocenters. The van der Waals surface area contributed by atoms with E-state index in [0.717, 1.165) is 50.9 Å². The van der Waals surface area contributed by atoms with Crippen LogP contribution in [0.25, 0.3) is 0 Å². The van der Waals surface area contributed by atoms with E-state index >= 15 is 0 Å². The lowest BCUT2D eigenvalue weighted by Gasteiger charge is -2.40. The van der Waals surface area contributed by atoms with E-state index in [2.05, 4.69) is 23.6 Å². The van der Waals surface area contributed by atoms with Crippen molar-refractivity contribution in [2.45, 2.75) is 31.4 Å². The topological polar surface area (TPSA) is 29.5 Å². The minimum Gasteiger partial charge on any atom is -0.381 e. The number of rotatable bonds is 4. The number of hydrogen-bond donors (Lipinski definition) is 0. The summed E-state index contributed by atoms with van der Waals surface area (Å²) in [5, 5.41) is 0.757. The Morgan fingerprint density at radius 3 is 2.88 bits per heavy atom. The van der Waals surface area contributed by atoms with Crippen molar-refractivity contribution in [3.05, 3.63) is 0 Å². The fourth-order valence-corrected chi connectivity index (χ4v) is 3.96. The van der Waals surface area contributed by atoms with Crippen molar-refractivity contribution in [1.82, 2.24) is 4.90 Å². The normalized spacial score (nSPS) is 30.1. The molecule has 2 heterocycles. The maximum absolute atomic E-state index is 11.4. The third kappa shape index (κ3) is 3.46.